The van der Waals surface area contributed by atoms with Gasteiger partial charge in [0.15, 0.2) is 0 Å². The minimum atomic E-state index is -0.142. The SMILES string of the molecule is Cl.O=C(C1NNC2CCNCC21)N(Cc1ccccc1)CC1CCOCC1. The van der Waals surface area contributed by atoms with E-state index in [-0.39, 0.29) is 24.4 Å². The standard InChI is InChI=1S/C20H30N4O2.ClH/c25-20(19-17-12-21-9-6-18(17)22-23-19)24(13-15-4-2-1-3-5-15)14-16-7-10-26-11-8-16;/h1-5,16-19,21-23H,6-14H2;1H. The summed E-state index contributed by atoms with van der Waals surface area (Å²) in [5, 5.41) is 3.44. The molecule has 3 fully saturated rings. The fourth-order valence-corrected chi connectivity index (χ4v) is 4.43. The summed E-state index contributed by atoms with van der Waals surface area (Å²) >= 11 is 0. The number of carbonyl (C=O) groups excluding carboxylic acids is 1. The highest BCUT2D eigenvalue weighted by molar-refractivity contribution is 5.85. The van der Waals surface area contributed by atoms with Crippen molar-refractivity contribution in [3.8, 4) is 0 Å². The first kappa shape index (κ1) is 20.6. The van der Waals surface area contributed by atoms with E-state index in [0.717, 1.165) is 52.1 Å². The van der Waals surface area contributed by atoms with E-state index in [1.165, 1.54) is 5.56 Å². The summed E-state index contributed by atoms with van der Waals surface area (Å²) in [5.74, 6) is 1.08. The minimum Gasteiger partial charge on any atom is -0.381 e. The molecule has 1 aromatic carbocycles. The molecule has 3 aliphatic heterocycles. The zero-order valence-electron chi connectivity index (χ0n) is 15.7. The van der Waals surface area contributed by atoms with E-state index in [9.17, 15) is 4.79 Å². The number of nitrogens with one attached hydrogen (secondary N) is 3. The molecule has 150 valence electrons. The predicted molar refractivity (Wildman–Crippen MR) is 107 cm³/mol. The van der Waals surface area contributed by atoms with E-state index in [1.54, 1.807) is 0 Å². The van der Waals surface area contributed by atoms with Crippen LogP contribution in [0.15, 0.2) is 30.3 Å². The Morgan fingerprint density at radius 3 is 2.67 bits per heavy atom. The number of hydrogen-bond acceptors (Lipinski definition) is 5. The molecular formula is C20H31ClN4O2. The third kappa shape index (κ3) is 5.00. The van der Waals surface area contributed by atoms with Gasteiger partial charge in [0.1, 0.15) is 6.04 Å². The zero-order valence-corrected chi connectivity index (χ0v) is 16.5. The van der Waals surface area contributed by atoms with E-state index < -0.39 is 0 Å². The molecule has 0 bridgehead atoms. The van der Waals surface area contributed by atoms with Crippen molar-refractivity contribution in [3.63, 3.8) is 0 Å². The third-order valence-electron chi connectivity index (χ3n) is 5.99. The van der Waals surface area contributed by atoms with Crippen molar-refractivity contribution < 1.29 is 9.53 Å². The van der Waals surface area contributed by atoms with Crippen LogP contribution < -0.4 is 16.2 Å². The molecule has 27 heavy (non-hydrogen) atoms. The van der Waals surface area contributed by atoms with Crippen LogP contribution in [0.25, 0.3) is 0 Å². The van der Waals surface area contributed by atoms with Crippen molar-refractivity contribution in [1.29, 1.82) is 0 Å². The maximum atomic E-state index is 13.4. The van der Waals surface area contributed by atoms with Crippen molar-refractivity contribution >= 4 is 18.3 Å². The van der Waals surface area contributed by atoms with Gasteiger partial charge in [-0.3, -0.25) is 10.2 Å². The largest absolute Gasteiger partial charge is 0.381 e. The normalized spacial score (nSPS) is 28.2. The molecule has 6 nitrogen and oxygen atoms in total. The molecule has 0 radical (unpaired) electrons. The van der Waals surface area contributed by atoms with Gasteiger partial charge >= 0.3 is 0 Å². The lowest BCUT2D eigenvalue weighted by Gasteiger charge is -2.34. The summed E-state index contributed by atoms with van der Waals surface area (Å²) in [6, 6.07) is 10.6. The van der Waals surface area contributed by atoms with Crippen molar-refractivity contribution in [2.45, 2.75) is 37.9 Å². The molecule has 1 aromatic rings. The van der Waals surface area contributed by atoms with Crippen LogP contribution >= 0.6 is 12.4 Å². The van der Waals surface area contributed by atoms with Crippen LogP contribution in [0.1, 0.15) is 24.8 Å². The number of fused-ring (bicyclic) bond motifs is 1. The second-order valence-corrected chi connectivity index (χ2v) is 7.79. The highest BCUT2D eigenvalue weighted by Gasteiger charge is 2.42. The van der Waals surface area contributed by atoms with Gasteiger partial charge in [0, 0.05) is 44.8 Å². The molecule has 3 atom stereocenters. The molecule has 0 spiro atoms. The quantitative estimate of drug-likeness (QED) is 0.703. The van der Waals surface area contributed by atoms with Crippen molar-refractivity contribution in [1.82, 2.24) is 21.1 Å². The number of hydrazine groups is 1. The molecular weight excluding hydrogens is 364 g/mol. The first-order chi connectivity index (χ1) is 12.8. The minimum absolute atomic E-state index is 0. The second-order valence-electron chi connectivity index (χ2n) is 7.79. The number of benzene rings is 1. The molecule has 0 aliphatic carbocycles. The van der Waals surface area contributed by atoms with Crippen LogP contribution in [0, 0.1) is 11.8 Å². The van der Waals surface area contributed by atoms with Crippen LogP contribution in [0.2, 0.25) is 0 Å². The average molecular weight is 395 g/mol. The highest BCUT2D eigenvalue weighted by atomic mass is 35.5. The molecule has 3 N–H and O–H groups in total. The average Bonchev–Trinajstić information content (AvgIpc) is 3.13. The van der Waals surface area contributed by atoms with Gasteiger partial charge in [-0.05, 0) is 37.3 Å². The fraction of sp³-hybridized carbons (Fsp3) is 0.650. The summed E-state index contributed by atoms with van der Waals surface area (Å²) < 4.78 is 5.50. The van der Waals surface area contributed by atoms with Crippen LogP contribution in [0.3, 0.4) is 0 Å². The summed E-state index contributed by atoms with van der Waals surface area (Å²) in [7, 11) is 0. The van der Waals surface area contributed by atoms with Crippen molar-refractivity contribution in [2.24, 2.45) is 11.8 Å². The number of carbonyl (C=O) groups is 1. The first-order valence-corrected chi connectivity index (χ1v) is 9.93. The molecule has 7 heteroatoms. The second kappa shape index (κ2) is 9.85. The van der Waals surface area contributed by atoms with Crippen LogP contribution in [-0.2, 0) is 16.1 Å². The summed E-state index contributed by atoms with van der Waals surface area (Å²) in [6.45, 7) is 5.05. The molecule has 1 amide bonds. The Kier molecular flexibility index (Phi) is 7.49. The van der Waals surface area contributed by atoms with Crippen LogP contribution in [0.4, 0.5) is 0 Å². The maximum absolute atomic E-state index is 13.4. The molecule has 0 aromatic heterocycles. The number of hydrogen-bond donors (Lipinski definition) is 3. The molecule has 3 unspecified atom stereocenters. The zero-order chi connectivity index (χ0) is 17.8. The van der Waals surface area contributed by atoms with Gasteiger partial charge < -0.3 is 15.0 Å². The number of nitrogens with zero attached hydrogens (tertiary/aromatic N) is 1. The fourth-order valence-electron chi connectivity index (χ4n) is 4.43. The molecule has 3 heterocycles. The number of ether oxygens (including phenoxy) is 1. The maximum Gasteiger partial charge on any atom is 0.241 e. The van der Waals surface area contributed by atoms with Gasteiger partial charge in [-0.25, -0.2) is 5.43 Å². The summed E-state index contributed by atoms with van der Waals surface area (Å²) in [5.41, 5.74) is 7.84. The molecule has 4 rings (SSSR count). The number of piperidine rings is 1. The van der Waals surface area contributed by atoms with Gasteiger partial charge in [0.05, 0.1) is 0 Å². The Hall–Kier alpha value is -1.18. The molecule has 3 saturated heterocycles. The lowest BCUT2D eigenvalue weighted by Crippen LogP contribution is -2.51. The van der Waals surface area contributed by atoms with Crippen LogP contribution in [-0.4, -0.2) is 55.7 Å². The smallest absolute Gasteiger partial charge is 0.241 e. The Morgan fingerprint density at radius 2 is 1.89 bits per heavy atom. The van der Waals surface area contributed by atoms with E-state index in [1.807, 2.05) is 18.2 Å². The van der Waals surface area contributed by atoms with Gasteiger partial charge in [-0.2, -0.15) is 0 Å². The number of amides is 1. The van der Waals surface area contributed by atoms with E-state index in [2.05, 4.69) is 33.2 Å². The predicted octanol–water partition coefficient (Wildman–Crippen LogP) is 1.32. The molecule has 3 aliphatic rings. The Morgan fingerprint density at radius 1 is 1.11 bits per heavy atom. The van der Waals surface area contributed by atoms with Gasteiger partial charge in [0.25, 0.3) is 0 Å². The topological polar surface area (TPSA) is 65.6 Å². The Labute approximate surface area is 167 Å². The van der Waals surface area contributed by atoms with E-state index in [4.69, 9.17) is 4.74 Å². The summed E-state index contributed by atoms with van der Waals surface area (Å²) in [6.07, 6.45) is 3.16. The van der Waals surface area contributed by atoms with E-state index in [0.29, 0.717) is 24.4 Å². The molecule has 0 saturated carbocycles. The lowest BCUT2D eigenvalue weighted by atomic mass is 9.88. The van der Waals surface area contributed by atoms with Gasteiger partial charge in [-0.15, -0.1) is 12.4 Å². The Balaban J connectivity index is 0.00000210. The summed E-state index contributed by atoms with van der Waals surface area (Å²) in [4.78, 5) is 15.5. The van der Waals surface area contributed by atoms with Gasteiger partial charge in [0.2, 0.25) is 5.91 Å². The number of rotatable bonds is 5. The third-order valence-corrected chi connectivity index (χ3v) is 5.99. The van der Waals surface area contributed by atoms with E-state index >= 15 is 0 Å². The number of halogens is 1. The lowest BCUT2D eigenvalue weighted by molar-refractivity contribution is -0.136. The van der Waals surface area contributed by atoms with Crippen molar-refractivity contribution in [3.05, 3.63) is 35.9 Å². The monoisotopic (exact) mass is 394 g/mol. The van der Waals surface area contributed by atoms with Crippen LogP contribution in [0.5, 0.6) is 0 Å². The van der Waals surface area contributed by atoms with Crippen molar-refractivity contribution in [2.75, 3.05) is 32.8 Å². The first-order valence-electron chi connectivity index (χ1n) is 9.93. The van der Waals surface area contributed by atoms with Gasteiger partial charge in [-0.1, -0.05) is 30.3 Å². The Bertz CT molecular complexity index is 597. The highest BCUT2D eigenvalue weighted by Crippen LogP contribution is 2.24.